The Morgan fingerprint density at radius 1 is 0.732 bits per heavy atom. The molecule has 212 valence electrons. The summed E-state index contributed by atoms with van der Waals surface area (Å²) in [7, 11) is -3.76. The maximum absolute atomic E-state index is 14.1. The molecule has 4 rings (SSSR count). The maximum Gasteiger partial charge on any atom is 0.247 e. The quantitative estimate of drug-likeness (QED) is 0.246. The summed E-state index contributed by atoms with van der Waals surface area (Å²) in [5.74, 6) is -0.888. The maximum atomic E-state index is 14.1. The van der Waals surface area contributed by atoms with E-state index in [-0.39, 0.29) is 25.5 Å². The molecule has 0 fully saturated rings. The highest BCUT2D eigenvalue weighted by atomic mass is 35.5. The summed E-state index contributed by atoms with van der Waals surface area (Å²) in [6, 6.07) is 33.5. The molecule has 0 saturated carbocycles. The van der Waals surface area contributed by atoms with Crippen LogP contribution in [0.5, 0.6) is 0 Å². The van der Waals surface area contributed by atoms with E-state index in [1.807, 2.05) is 54.6 Å². The summed E-state index contributed by atoms with van der Waals surface area (Å²) in [4.78, 5) is 29.3. The van der Waals surface area contributed by atoms with Crippen LogP contribution in [0, 0.1) is 0 Å². The summed E-state index contributed by atoms with van der Waals surface area (Å²) in [6.07, 6.45) is 1.08. The number of benzene rings is 4. The van der Waals surface area contributed by atoms with Gasteiger partial charge in [-0.25, -0.2) is 8.42 Å². The molecule has 0 aliphatic rings. The van der Waals surface area contributed by atoms with Gasteiger partial charge in [0.15, 0.2) is 0 Å². The Labute approximate surface area is 246 Å². The second-order valence-electron chi connectivity index (χ2n) is 9.68. The minimum absolute atomic E-state index is 0.0242. The molecule has 2 amide bonds. The van der Waals surface area contributed by atoms with E-state index in [2.05, 4.69) is 5.32 Å². The molecule has 1 unspecified atom stereocenters. The van der Waals surface area contributed by atoms with E-state index in [4.69, 9.17) is 11.6 Å². The van der Waals surface area contributed by atoms with Crippen LogP contribution in [0.25, 0.3) is 0 Å². The van der Waals surface area contributed by atoms with Gasteiger partial charge < -0.3 is 10.2 Å². The smallest absolute Gasteiger partial charge is 0.247 e. The zero-order valence-corrected chi connectivity index (χ0v) is 24.3. The topological polar surface area (TPSA) is 86.8 Å². The van der Waals surface area contributed by atoms with Gasteiger partial charge in [0.05, 0.1) is 12.8 Å². The first-order valence-electron chi connectivity index (χ1n) is 13.1. The first-order chi connectivity index (χ1) is 19.7. The Balaban J connectivity index is 1.69. The van der Waals surface area contributed by atoms with Gasteiger partial charge in [0.25, 0.3) is 0 Å². The van der Waals surface area contributed by atoms with Gasteiger partial charge in [-0.2, -0.15) is 4.31 Å². The number of sulfonamides is 1. The Morgan fingerprint density at radius 3 is 1.80 bits per heavy atom. The summed E-state index contributed by atoms with van der Waals surface area (Å²) < 4.78 is 26.7. The van der Waals surface area contributed by atoms with Gasteiger partial charge in [-0.15, -0.1) is 0 Å². The highest BCUT2D eigenvalue weighted by Gasteiger charge is 2.33. The van der Waals surface area contributed by atoms with Gasteiger partial charge in [0.1, 0.15) is 6.04 Å². The Morgan fingerprint density at radius 2 is 1.24 bits per heavy atom. The number of carbonyl (C=O) groups is 2. The summed E-state index contributed by atoms with van der Waals surface area (Å²) >= 11 is 6.10. The van der Waals surface area contributed by atoms with Crippen molar-refractivity contribution >= 4 is 33.4 Å². The van der Waals surface area contributed by atoms with Crippen molar-refractivity contribution in [1.82, 2.24) is 14.5 Å². The van der Waals surface area contributed by atoms with Crippen LogP contribution in [0.2, 0.25) is 5.02 Å². The van der Waals surface area contributed by atoms with Gasteiger partial charge in [-0.3, -0.25) is 9.59 Å². The van der Waals surface area contributed by atoms with Crippen molar-refractivity contribution in [2.45, 2.75) is 25.7 Å². The first kappa shape index (κ1) is 30.0. The van der Waals surface area contributed by atoms with Gasteiger partial charge in [0.2, 0.25) is 21.8 Å². The number of hydrogen-bond acceptors (Lipinski definition) is 4. The van der Waals surface area contributed by atoms with E-state index in [1.54, 1.807) is 60.7 Å². The predicted octanol–water partition coefficient (Wildman–Crippen LogP) is 5.19. The van der Waals surface area contributed by atoms with Crippen molar-refractivity contribution in [3.63, 3.8) is 0 Å². The van der Waals surface area contributed by atoms with Crippen LogP contribution in [0.15, 0.2) is 115 Å². The lowest BCUT2D eigenvalue weighted by molar-refractivity contribution is -0.141. The van der Waals surface area contributed by atoms with Gasteiger partial charge >= 0.3 is 0 Å². The number of halogens is 1. The number of amides is 2. The molecule has 0 saturated heterocycles. The lowest BCUT2D eigenvalue weighted by Crippen LogP contribution is -2.47. The Hall–Kier alpha value is -3.98. The molecule has 4 aromatic rings. The fourth-order valence-electron chi connectivity index (χ4n) is 4.42. The standard InChI is InChI=1S/C32H32ClN3O4S/c1-41(39,40)35(22-26-13-7-3-8-14-26)24-30(37)36(23-27-17-19-29(33)20-18-27)31(28-15-9-4-10-16-28)32(38)34-21-25-11-5-2-6-12-25/h2-20,31H,21-24H2,1H3,(H,34,38). The van der Waals surface area contributed by atoms with E-state index in [0.717, 1.165) is 27.3 Å². The van der Waals surface area contributed by atoms with E-state index in [1.165, 1.54) is 4.90 Å². The third-order valence-electron chi connectivity index (χ3n) is 6.55. The van der Waals surface area contributed by atoms with Crippen LogP contribution in [-0.4, -0.2) is 42.2 Å². The predicted molar refractivity (Wildman–Crippen MR) is 161 cm³/mol. The van der Waals surface area contributed by atoms with Crippen LogP contribution in [0.4, 0.5) is 0 Å². The number of carbonyl (C=O) groups excluding carboxylic acids is 2. The highest BCUT2D eigenvalue weighted by Crippen LogP contribution is 2.25. The van der Waals surface area contributed by atoms with Crippen LogP contribution >= 0.6 is 11.6 Å². The van der Waals surface area contributed by atoms with Crippen LogP contribution in [0.1, 0.15) is 28.3 Å². The zero-order valence-electron chi connectivity index (χ0n) is 22.7. The molecule has 9 heteroatoms. The third-order valence-corrected chi connectivity index (χ3v) is 8.00. The van der Waals surface area contributed by atoms with Crippen molar-refractivity contribution in [2.24, 2.45) is 0 Å². The average Bonchev–Trinajstić information content (AvgIpc) is 2.97. The molecule has 0 spiro atoms. The minimum atomic E-state index is -3.76. The molecule has 1 atom stereocenters. The zero-order chi connectivity index (χ0) is 29.2. The van der Waals surface area contributed by atoms with Gasteiger partial charge in [-0.1, -0.05) is 115 Å². The van der Waals surface area contributed by atoms with Gasteiger partial charge in [0, 0.05) is 24.7 Å². The van der Waals surface area contributed by atoms with Crippen molar-refractivity contribution in [2.75, 3.05) is 12.8 Å². The monoisotopic (exact) mass is 589 g/mol. The molecule has 0 aromatic heterocycles. The molecule has 0 aliphatic heterocycles. The third kappa shape index (κ3) is 8.75. The largest absolute Gasteiger partial charge is 0.350 e. The van der Waals surface area contributed by atoms with Gasteiger partial charge in [-0.05, 0) is 34.4 Å². The molecule has 0 bridgehead atoms. The minimum Gasteiger partial charge on any atom is -0.350 e. The molecule has 41 heavy (non-hydrogen) atoms. The van der Waals surface area contributed by atoms with E-state index < -0.39 is 28.5 Å². The normalized spacial score (nSPS) is 12.1. The summed E-state index contributed by atoms with van der Waals surface area (Å²) in [5.41, 5.74) is 3.01. The molecule has 0 heterocycles. The van der Waals surface area contributed by atoms with Crippen LogP contribution in [0.3, 0.4) is 0 Å². The highest BCUT2D eigenvalue weighted by molar-refractivity contribution is 7.88. The number of nitrogens with one attached hydrogen (secondary N) is 1. The summed E-state index contributed by atoms with van der Waals surface area (Å²) in [6.45, 7) is -0.0697. The van der Waals surface area contributed by atoms with Crippen molar-refractivity contribution in [1.29, 1.82) is 0 Å². The molecule has 1 N–H and O–H groups in total. The van der Waals surface area contributed by atoms with E-state index in [9.17, 15) is 18.0 Å². The van der Waals surface area contributed by atoms with E-state index >= 15 is 0 Å². The van der Waals surface area contributed by atoms with Crippen molar-refractivity contribution in [3.8, 4) is 0 Å². The second kappa shape index (κ2) is 14.1. The second-order valence-corrected chi connectivity index (χ2v) is 12.1. The molecular formula is C32H32ClN3O4S. The Kier molecular flexibility index (Phi) is 10.3. The molecule has 0 radical (unpaired) electrons. The molecule has 4 aromatic carbocycles. The number of nitrogens with zero attached hydrogens (tertiary/aromatic N) is 2. The first-order valence-corrected chi connectivity index (χ1v) is 15.3. The lowest BCUT2D eigenvalue weighted by atomic mass is 10.0. The molecule has 7 nitrogen and oxygen atoms in total. The molecular weight excluding hydrogens is 558 g/mol. The summed E-state index contributed by atoms with van der Waals surface area (Å²) in [5, 5.41) is 3.51. The lowest BCUT2D eigenvalue weighted by Gasteiger charge is -2.33. The number of rotatable bonds is 12. The fraction of sp³-hybridized carbons (Fsp3) is 0.188. The van der Waals surface area contributed by atoms with Crippen LogP contribution in [-0.2, 0) is 39.2 Å². The van der Waals surface area contributed by atoms with E-state index in [0.29, 0.717) is 10.6 Å². The fourth-order valence-corrected chi connectivity index (χ4v) is 5.27. The van der Waals surface area contributed by atoms with Crippen molar-refractivity contribution < 1.29 is 18.0 Å². The number of hydrogen-bond donors (Lipinski definition) is 1. The van der Waals surface area contributed by atoms with Crippen LogP contribution < -0.4 is 5.32 Å². The van der Waals surface area contributed by atoms with Crippen molar-refractivity contribution in [3.05, 3.63) is 143 Å². The molecule has 0 aliphatic carbocycles. The SMILES string of the molecule is CS(=O)(=O)N(CC(=O)N(Cc1ccc(Cl)cc1)C(C(=O)NCc1ccccc1)c1ccccc1)Cc1ccccc1. The Bertz CT molecular complexity index is 1530. The average molecular weight is 590 g/mol.